The average Bonchev–Trinajstić information content (AvgIpc) is 2.91. The van der Waals surface area contributed by atoms with Crippen LogP contribution in [0.4, 0.5) is 0 Å². The molecule has 8 atom stereocenters. The predicted molar refractivity (Wildman–Crippen MR) is 103 cm³/mol. The van der Waals surface area contributed by atoms with E-state index in [1.54, 1.807) is 0 Å². The summed E-state index contributed by atoms with van der Waals surface area (Å²) >= 11 is 0. The van der Waals surface area contributed by atoms with Crippen LogP contribution in [-0.4, -0.2) is 23.9 Å². The third-order valence-electron chi connectivity index (χ3n) is 9.77. The molecule has 2 nitrogen and oxygen atoms in total. The molecule has 142 valence electrons. The molecule has 0 aromatic carbocycles. The number of rotatable bonds is 2. The Morgan fingerprint density at radius 2 is 1.80 bits per heavy atom. The number of fused-ring (bicyclic) bond motifs is 5. The fourth-order valence-electron chi connectivity index (χ4n) is 8.39. The van der Waals surface area contributed by atoms with Crippen LogP contribution in [0, 0.1) is 40.4 Å². The maximum Gasteiger partial charge on any atom is 0.222 e. The summed E-state index contributed by atoms with van der Waals surface area (Å²) in [5.74, 6) is 4.83. The van der Waals surface area contributed by atoms with Gasteiger partial charge in [-0.1, -0.05) is 40.5 Å². The summed E-state index contributed by atoms with van der Waals surface area (Å²) in [6.07, 6.45) is 11.8. The van der Waals surface area contributed by atoms with E-state index in [1.165, 1.54) is 44.9 Å². The van der Waals surface area contributed by atoms with Gasteiger partial charge in [-0.15, -0.1) is 0 Å². The van der Waals surface area contributed by atoms with Gasteiger partial charge in [-0.05, 0) is 78.9 Å². The normalized spacial score (nSPS) is 52.5. The Labute approximate surface area is 155 Å². The Bertz CT molecular complexity index is 544. The molecule has 1 saturated heterocycles. The van der Waals surface area contributed by atoms with Crippen molar-refractivity contribution in [2.75, 3.05) is 7.05 Å². The van der Waals surface area contributed by atoms with Crippen molar-refractivity contribution in [2.24, 2.45) is 40.4 Å². The number of likely N-dealkylation sites (tertiary alicyclic amines) is 1. The van der Waals surface area contributed by atoms with Gasteiger partial charge in [0.1, 0.15) is 0 Å². The number of hydrogen-bond acceptors (Lipinski definition) is 1. The van der Waals surface area contributed by atoms with Crippen LogP contribution in [0.3, 0.4) is 0 Å². The summed E-state index contributed by atoms with van der Waals surface area (Å²) in [6, 6.07) is 0.488. The van der Waals surface area contributed by atoms with Gasteiger partial charge in [0.2, 0.25) is 5.91 Å². The minimum atomic E-state index is 0.365. The molecule has 4 fully saturated rings. The van der Waals surface area contributed by atoms with Crippen LogP contribution < -0.4 is 0 Å². The zero-order chi connectivity index (χ0) is 18.0. The molecule has 0 radical (unpaired) electrons. The van der Waals surface area contributed by atoms with Crippen LogP contribution >= 0.6 is 0 Å². The van der Waals surface area contributed by atoms with Crippen LogP contribution in [-0.2, 0) is 4.79 Å². The first-order chi connectivity index (χ1) is 11.8. The molecule has 1 amide bonds. The monoisotopic (exact) mass is 345 g/mol. The van der Waals surface area contributed by atoms with Crippen molar-refractivity contribution in [1.29, 1.82) is 0 Å². The first kappa shape index (κ1) is 17.9. The Hall–Kier alpha value is -0.530. The lowest BCUT2D eigenvalue weighted by molar-refractivity contribution is -0.166. The standard InChI is InChI=1S/C23H39NO/c1-6-7-16-8-9-17-21-15(2)14-19-23(4,13-11-20(25)24(19)5)18(21)10-12-22(16,17)3/h15-19,21H,6-14H2,1-5H3/t15-,16-,17-,18-,19+,21-,22+,23+/m0/s1. The van der Waals surface area contributed by atoms with E-state index >= 15 is 0 Å². The van der Waals surface area contributed by atoms with Gasteiger partial charge in [0, 0.05) is 19.5 Å². The third-order valence-corrected chi connectivity index (χ3v) is 9.77. The lowest BCUT2D eigenvalue weighted by atomic mass is 9.44. The van der Waals surface area contributed by atoms with Crippen LogP contribution in [0.25, 0.3) is 0 Å². The van der Waals surface area contributed by atoms with Crippen molar-refractivity contribution in [2.45, 2.75) is 91.5 Å². The van der Waals surface area contributed by atoms with E-state index in [4.69, 9.17) is 0 Å². The molecule has 4 rings (SSSR count). The van der Waals surface area contributed by atoms with Crippen LogP contribution in [0.1, 0.15) is 85.5 Å². The maximum atomic E-state index is 12.3. The summed E-state index contributed by atoms with van der Waals surface area (Å²) in [6.45, 7) is 10.1. The fourth-order valence-corrected chi connectivity index (χ4v) is 8.39. The van der Waals surface area contributed by atoms with Crippen molar-refractivity contribution in [3.8, 4) is 0 Å². The number of piperidine rings is 1. The van der Waals surface area contributed by atoms with Gasteiger partial charge in [-0.25, -0.2) is 0 Å². The van der Waals surface area contributed by atoms with Gasteiger partial charge < -0.3 is 4.90 Å². The molecular formula is C23H39NO. The molecule has 0 unspecified atom stereocenters. The Balaban J connectivity index is 1.66. The first-order valence-electron chi connectivity index (χ1n) is 11.1. The predicted octanol–water partition coefficient (Wildman–Crippen LogP) is 5.51. The smallest absolute Gasteiger partial charge is 0.222 e. The highest BCUT2D eigenvalue weighted by atomic mass is 16.2. The number of amides is 1. The molecule has 0 N–H and O–H groups in total. The highest BCUT2D eigenvalue weighted by Crippen LogP contribution is 2.67. The lowest BCUT2D eigenvalue weighted by Gasteiger charge is -2.63. The van der Waals surface area contributed by atoms with E-state index in [0.717, 1.165) is 42.4 Å². The SMILES string of the molecule is CCC[C@H]1CC[C@H]2[C@@H]3[C@@H](C)C[C@H]4N(C)C(=O)CC[C@]4(C)[C@H]3CC[C@]12C. The van der Waals surface area contributed by atoms with Gasteiger partial charge in [0.15, 0.2) is 0 Å². The van der Waals surface area contributed by atoms with E-state index in [1.807, 2.05) is 0 Å². The van der Waals surface area contributed by atoms with Gasteiger partial charge in [-0.2, -0.15) is 0 Å². The van der Waals surface area contributed by atoms with Crippen LogP contribution in [0.15, 0.2) is 0 Å². The third kappa shape index (κ3) is 2.38. The van der Waals surface area contributed by atoms with Gasteiger partial charge in [0.05, 0.1) is 0 Å². The quantitative estimate of drug-likeness (QED) is 0.646. The summed E-state index contributed by atoms with van der Waals surface area (Å²) in [5.41, 5.74) is 0.967. The van der Waals surface area contributed by atoms with E-state index < -0.39 is 0 Å². The number of carbonyl (C=O) groups is 1. The largest absolute Gasteiger partial charge is 0.342 e. The van der Waals surface area contributed by atoms with Crippen molar-refractivity contribution in [3.63, 3.8) is 0 Å². The lowest BCUT2D eigenvalue weighted by Crippen LogP contribution is -2.63. The zero-order valence-corrected chi connectivity index (χ0v) is 17.2. The molecule has 4 aliphatic rings. The molecule has 25 heavy (non-hydrogen) atoms. The fraction of sp³-hybridized carbons (Fsp3) is 0.957. The summed E-state index contributed by atoms with van der Waals surface area (Å²) in [7, 11) is 2.08. The van der Waals surface area contributed by atoms with E-state index in [0.29, 0.717) is 22.8 Å². The summed E-state index contributed by atoms with van der Waals surface area (Å²) in [5, 5.41) is 0. The molecule has 0 bridgehead atoms. The number of nitrogens with zero attached hydrogens (tertiary/aromatic N) is 1. The van der Waals surface area contributed by atoms with Crippen molar-refractivity contribution < 1.29 is 4.79 Å². The molecule has 2 heteroatoms. The van der Waals surface area contributed by atoms with Gasteiger partial charge in [-0.3, -0.25) is 4.79 Å². The second-order valence-corrected chi connectivity index (χ2v) is 10.6. The molecule has 3 aliphatic carbocycles. The topological polar surface area (TPSA) is 20.3 Å². The van der Waals surface area contributed by atoms with Gasteiger partial charge >= 0.3 is 0 Å². The zero-order valence-electron chi connectivity index (χ0n) is 17.2. The minimum Gasteiger partial charge on any atom is -0.342 e. The Morgan fingerprint density at radius 1 is 1.08 bits per heavy atom. The molecule has 1 heterocycles. The minimum absolute atomic E-state index is 0.365. The van der Waals surface area contributed by atoms with Crippen molar-refractivity contribution >= 4 is 5.91 Å². The number of carbonyl (C=O) groups excluding carboxylic acids is 1. The van der Waals surface area contributed by atoms with Gasteiger partial charge in [0.25, 0.3) is 0 Å². The van der Waals surface area contributed by atoms with E-state index in [9.17, 15) is 4.79 Å². The molecule has 0 spiro atoms. The summed E-state index contributed by atoms with van der Waals surface area (Å²) < 4.78 is 0. The number of hydrogen-bond donors (Lipinski definition) is 0. The average molecular weight is 346 g/mol. The highest BCUT2D eigenvalue weighted by Gasteiger charge is 2.62. The highest BCUT2D eigenvalue weighted by molar-refractivity contribution is 5.77. The molecule has 1 aliphatic heterocycles. The van der Waals surface area contributed by atoms with Crippen LogP contribution in [0.2, 0.25) is 0 Å². The maximum absolute atomic E-state index is 12.3. The summed E-state index contributed by atoms with van der Waals surface area (Å²) in [4.78, 5) is 14.5. The molecule has 0 aromatic rings. The second-order valence-electron chi connectivity index (χ2n) is 10.6. The van der Waals surface area contributed by atoms with Crippen molar-refractivity contribution in [1.82, 2.24) is 4.90 Å². The Kier molecular flexibility index (Phi) is 4.28. The molecule has 0 aromatic heterocycles. The van der Waals surface area contributed by atoms with Crippen LogP contribution in [0.5, 0.6) is 0 Å². The second kappa shape index (κ2) is 5.99. The Morgan fingerprint density at radius 3 is 2.52 bits per heavy atom. The van der Waals surface area contributed by atoms with E-state index in [-0.39, 0.29) is 0 Å². The first-order valence-corrected chi connectivity index (χ1v) is 11.1. The van der Waals surface area contributed by atoms with Crippen molar-refractivity contribution in [3.05, 3.63) is 0 Å². The van der Waals surface area contributed by atoms with E-state index in [2.05, 4.69) is 39.6 Å². The molecule has 3 saturated carbocycles. The molecular weight excluding hydrogens is 306 g/mol.